The molecule has 0 spiro atoms. The number of nitrogens with two attached hydrogens (primary N) is 1. The van der Waals surface area contributed by atoms with E-state index in [1.54, 1.807) is 11.8 Å². The fourth-order valence-corrected chi connectivity index (χ4v) is 3.31. The number of aryl methyl sites for hydroxylation is 1. The van der Waals surface area contributed by atoms with E-state index >= 15 is 0 Å². The van der Waals surface area contributed by atoms with Gasteiger partial charge in [0.15, 0.2) is 5.82 Å². The SMILES string of the molecule is Cc1ccccc1SCc1noc(C(C(C)C)C(C)N)n1. The first-order valence-corrected chi connectivity index (χ1v) is 8.24. The number of thioether (sulfide) groups is 1. The lowest BCUT2D eigenvalue weighted by atomic mass is 9.90. The highest BCUT2D eigenvalue weighted by molar-refractivity contribution is 7.98. The van der Waals surface area contributed by atoms with Gasteiger partial charge >= 0.3 is 0 Å². The smallest absolute Gasteiger partial charge is 0.231 e. The lowest BCUT2D eigenvalue weighted by molar-refractivity contribution is 0.299. The molecule has 0 fully saturated rings. The van der Waals surface area contributed by atoms with Crippen LogP contribution in [-0.2, 0) is 5.75 Å². The van der Waals surface area contributed by atoms with Crippen LogP contribution in [-0.4, -0.2) is 16.2 Å². The lowest BCUT2D eigenvalue weighted by Crippen LogP contribution is -2.28. The maximum Gasteiger partial charge on any atom is 0.231 e. The molecule has 1 aromatic carbocycles. The summed E-state index contributed by atoms with van der Waals surface area (Å²) < 4.78 is 5.41. The van der Waals surface area contributed by atoms with Crippen molar-refractivity contribution in [1.82, 2.24) is 10.1 Å². The fourth-order valence-electron chi connectivity index (χ4n) is 2.44. The van der Waals surface area contributed by atoms with Crippen molar-refractivity contribution in [2.75, 3.05) is 0 Å². The van der Waals surface area contributed by atoms with E-state index in [9.17, 15) is 0 Å². The monoisotopic (exact) mass is 305 g/mol. The van der Waals surface area contributed by atoms with Crippen molar-refractivity contribution in [3.63, 3.8) is 0 Å². The molecular formula is C16H23N3OS. The zero-order chi connectivity index (χ0) is 15.4. The Labute approximate surface area is 130 Å². The first-order chi connectivity index (χ1) is 9.99. The van der Waals surface area contributed by atoms with Crippen LogP contribution in [0.5, 0.6) is 0 Å². The van der Waals surface area contributed by atoms with E-state index in [0.717, 1.165) is 5.82 Å². The summed E-state index contributed by atoms with van der Waals surface area (Å²) in [4.78, 5) is 5.77. The summed E-state index contributed by atoms with van der Waals surface area (Å²) in [5.74, 6) is 2.57. The van der Waals surface area contributed by atoms with Gasteiger partial charge in [0.05, 0.1) is 11.7 Å². The summed E-state index contributed by atoms with van der Waals surface area (Å²) >= 11 is 1.73. The molecule has 0 saturated heterocycles. The highest BCUT2D eigenvalue weighted by Gasteiger charge is 2.26. The van der Waals surface area contributed by atoms with Crippen molar-refractivity contribution >= 4 is 11.8 Å². The van der Waals surface area contributed by atoms with Crippen molar-refractivity contribution in [2.24, 2.45) is 11.7 Å². The van der Waals surface area contributed by atoms with Crippen LogP contribution >= 0.6 is 11.8 Å². The van der Waals surface area contributed by atoms with Crippen molar-refractivity contribution in [3.8, 4) is 0 Å². The molecular weight excluding hydrogens is 282 g/mol. The number of rotatable bonds is 6. The number of nitrogens with zero attached hydrogens (tertiary/aromatic N) is 2. The molecule has 0 aliphatic carbocycles. The molecule has 0 amide bonds. The van der Waals surface area contributed by atoms with Crippen LogP contribution in [0.15, 0.2) is 33.7 Å². The summed E-state index contributed by atoms with van der Waals surface area (Å²) in [7, 11) is 0. The van der Waals surface area contributed by atoms with Crippen LogP contribution in [0.1, 0.15) is 44.0 Å². The van der Waals surface area contributed by atoms with Gasteiger partial charge < -0.3 is 10.3 Å². The van der Waals surface area contributed by atoms with Crippen molar-refractivity contribution in [1.29, 1.82) is 0 Å². The summed E-state index contributed by atoms with van der Waals surface area (Å²) in [5, 5.41) is 4.08. The molecule has 4 nitrogen and oxygen atoms in total. The van der Waals surface area contributed by atoms with Gasteiger partial charge in [-0.25, -0.2) is 0 Å². The molecule has 1 aromatic heterocycles. The molecule has 0 radical (unpaired) electrons. The largest absolute Gasteiger partial charge is 0.339 e. The van der Waals surface area contributed by atoms with Gasteiger partial charge in [0.2, 0.25) is 5.89 Å². The van der Waals surface area contributed by atoms with E-state index in [1.165, 1.54) is 10.5 Å². The molecule has 0 bridgehead atoms. The lowest BCUT2D eigenvalue weighted by Gasteiger charge is -2.20. The zero-order valence-electron chi connectivity index (χ0n) is 13.0. The van der Waals surface area contributed by atoms with E-state index in [4.69, 9.17) is 10.3 Å². The fraction of sp³-hybridized carbons (Fsp3) is 0.500. The van der Waals surface area contributed by atoms with E-state index in [1.807, 2.05) is 19.1 Å². The van der Waals surface area contributed by atoms with Gasteiger partial charge in [0.25, 0.3) is 0 Å². The zero-order valence-corrected chi connectivity index (χ0v) is 13.9. The Bertz CT molecular complexity index is 572. The highest BCUT2D eigenvalue weighted by atomic mass is 32.2. The van der Waals surface area contributed by atoms with Crippen LogP contribution in [0.4, 0.5) is 0 Å². The minimum absolute atomic E-state index is 0.00215. The minimum Gasteiger partial charge on any atom is -0.339 e. The molecule has 21 heavy (non-hydrogen) atoms. The molecule has 0 aliphatic rings. The van der Waals surface area contributed by atoms with Gasteiger partial charge in [-0.3, -0.25) is 0 Å². The third-order valence-corrected chi connectivity index (χ3v) is 4.68. The van der Waals surface area contributed by atoms with Gasteiger partial charge in [-0.1, -0.05) is 37.2 Å². The second-order valence-electron chi connectivity index (χ2n) is 5.73. The molecule has 0 aliphatic heterocycles. The number of hydrogen-bond donors (Lipinski definition) is 1. The molecule has 2 unspecified atom stereocenters. The predicted octanol–water partition coefficient (Wildman–Crippen LogP) is 3.76. The number of aromatic nitrogens is 2. The maximum atomic E-state index is 6.03. The third kappa shape index (κ3) is 4.08. The second kappa shape index (κ2) is 7.09. The third-order valence-electron chi connectivity index (χ3n) is 3.50. The predicted molar refractivity (Wildman–Crippen MR) is 86.3 cm³/mol. The minimum atomic E-state index is 0.00215. The standard InChI is InChI=1S/C16H23N3OS/c1-10(2)15(12(4)17)16-18-14(19-20-16)9-21-13-8-6-5-7-11(13)3/h5-8,10,12,15H,9,17H2,1-4H3. The van der Waals surface area contributed by atoms with Crippen LogP contribution in [0.2, 0.25) is 0 Å². The van der Waals surface area contributed by atoms with E-state index < -0.39 is 0 Å². The normalized spacial score (nSPS) is 14.4. The van der Waals surface area contributed by atoms with Gasteiger partial charge in [-0.2, -0.15) is 4.98 Å². The van der Waals surface area contributed by atoms with E-state index in [0.29, 0.717) is 17.6 Å². The van der Waals surface area contributed by atoms with Crippen molar-refractivity contribution in [2.45, 2.75) is 50.3 Å². The molecule has 2 N–H and O–H groups in total. The van der Waals surface area contributed by atoms with Gasteiger partial charge in [0, 0.05) is 10.9 Å². The molecule has 114 valence electrons. The summed E-state index contributed by atoms with van der Waals surface area (Å²) in [5.41, 5.74) is 7.30. The summed E-state index contributed by atoms with van der Waals surface area (Å²) in [6.45, 7) is 8.34. The van der Waals surface area contributed by atoms with Crippen LogP contribution < -0.4 is 5.73 Å². The van der Waals surface area contributed by atoms with Gasteiger partial charge in [0.1, 0.15) is 0 Å². The van der Waals surface area contributed by atoms with Crippen LogP contribution in [0, 0.1) is 12.8 Å². The maximum absolute atomic E-state index is 6.03. The summed E-state index contributed by atoms with van der Waals surface area (Å²) in [6, 6.07) is 8.31. The molecule has 2 atom stereocenters. The molecule has 2 aromatic rings. The Kier molecular flexibility index (Phi) is 5.42. The molecule has 1 heterocycles. The summed E-state index contributed by atoms with van der Waals surface area (Å²) in [6.07, 6.45) is 0. The number of hydrogen-bond acceptors (Lipinski definition) is 5. The molecule has 5 heteroatoms. The second-order valence-corrected chi connectivity index (χ2v) is 6.75. The van der Waals surface area contributed by atoms with E-state index in [2.05, 4.69) is 43.0 Å². The Hall–Kier alpha value is -1.33. The van der Waals surface area contributed by atoms with Crippen molar-refractivity contribution < 1.29 is 4.52 Å². The number of benzene rings is 1. The van der Waals surface area contributed by atoms with Crippen LogP contribution in [0.3, 0.4) is 0 Å². The Morgan fingerprint density at radius 1 is 1.24 bits per heavy atom. The highest BCUT2D eigenvalue weighted by Crippen LogP contribution is 2.28. The van der Waals surface area contributed by atoms with Crippen LogP contribution in [0.25, 0.3) is 0 Å². The van der Waals surface area contributed by atoms with Gasteiger partial charge in [-0.05, 0) is 31.4 Å². The first kappa shape index (κ1) is 16.0. The molecule has 0 saturated carbocycles. The average molecular weight is 305 g/mol. The topological polar surface area (TPSA) is 64.9 Å². The average Bonchev–Trinajstić information content (AvgIpc) is 2.85. The molecule has 2 rings (SSSR count). The quantitative estimate of drug-likeness (QED) is 0.823. The Morgan fingerprint density at radius 2 is 1.95 bits per heavy atom. The van der Waals surface area contributed by atoms with E-state index in [-0.39, 0.29) is 12.0 Å². The first-order valence-electron chi connectivity index (χ1n) is 7.25. The Balaban J connectivity index is 2.05. The Morgan fingerprint density at radius 3 is 2.57 bits per heavy atom. The van der Waals surface area contributed by atoms with Gasteiger partial charge in [-0.15, -0.1) is 11.8 Å². The van der Waals surface area contributed by atoms with Crippen molar-refractivity contribution in [3.05, 3.63) is 41.5 Å².